The smallest absolute Gasteiger partial charge is 0.130 e. The summed E-state index contributed by atoms with van der Waals surface area (Å²) in [5.41, 5.74) is 1.13. The Hall–Kier alpha value is -1.01. The highest BCUT2D eigenvalue weighted by Gasteiger charge is 2.01. The van der Waals surface area contributed by atoms with Crippen LogP contribution in [0.15, 0.2) is 16.0 Å². The number of rotatable bonds is 4. The third-order valence-electron chi connectivity index (χ3n) is 2.16. The molecular weight excluding hydrogens is 300 g/mol. The largest absolute Gasteiger partial charge is 0.370 e. The number of nitrogens with one attached hydrogen (secondary N) is 1. The van der Waals surface area contributed by atoms with Gasteiger partial charge in [-0.15, -0.1) is 11.3 Å². The molecule has 4 nitrogen and oxygen atoms in total. The van der Waals surface area contributed by atoms with Crippen LogP contribution in [0, 0.1) is 13.8 Å². The SMILES string of the molecule is Cc1nc(Br)cc(NCCc2csc(C)n2)n1. The first-order valence-electron chi connectivity index (χ1n) is 5.29. The fourth-order valence-electron chi connectivity index (χ4n) is 1.46. The zero-order valence-electron chi connectivity index (χ0n) is 9.70. The molecule has 0 aliphatic rings. The summed E-state index contributed by atoms with van der Waals surface area (Å²) in [4.78, 5) is 12.9. The maximum atomic E-state index is 4.41. The molecule has 0 atom stereocenters. The number of anilines is 1. The quantitative estimate of drug-likeness (QED) is 0.882. The second kappa shape index (κ2) is 5.55. The maximum Gasteiger partial charge on any atom is 0.130 e. The van der Waals surface area contributed by atoms with Crippen molar-refractivity contribution in [1.82, 2.24) is 15.0 Å². The Morgan fingerprint density at radius 3 is 2.76 bits per heavy atom. The molecule has 0 amide bonds. The third kappa shape index (κ3) is 3.74. The van der Waals surface area contributed by atoms with Gasteiger partial charge in [-0.05, 0) is 29.8 Å². The van der Waals surface area contributed by atoms with Gasteiger partial charge >= 0.3 is 0 Å². The minimum atomic E-state index is 0.756. The van der Waals surface area contributed by atoms with E-state index in [9.17, 15) is 0 Å². The van der Waals surface area contributed by atoms with E-state index in [0.717, 1.165) is 39.9 Å². The normalized spacial score (nSPS) is 10.5. The average Bonchev–Trinajstić information content (AvgIpc) is 2.63. The monoisotopic (exact) mass is 312 g/mol. The molecule has 1 N–H and O–H groups in total. The van der Waals surface area contributed by atoms with Crippen molar-refractivity contribution in [3.8, 4) is 0 Å². The summed E-state index contributed by atoms with van der Waals surface area (Å²) in [6.45, 7) is 4.72. The number of aryl methyl sites for hydroxylation is 2. The summed E-state index contributed by atoms with van der Waals surface area (Å²) in [5.74, 6) is 1.60. The number of hydrogen-bond donors (Lipinski definition) is 1. The van der Waals surface area contributed by atoms with Gasteiger partial charge in [-0.3, -0.25) is 0 Å². The molecule has 17 heavy (non-hydrogen) atoms. The molecular formula is C11H13BrN4S. The molecule has 2 rings (SSSR count). The lowest BCUT2D eigenvalue weighted by Gasteiger charge is -2.05. The van der Waals surface area contributed by atoms with Crippen LogP contribution in [0.1, 0.15) is 16.5 Å². The van der Waals surface area contributed by atoms with Gasteiger partial charge in [0.15, 0.2) is 0 Å². The number of nitrogens with zero attached hydrogens (tertiary/aromatic N) is 3. The Morgan fingerprint density at radius 2 is 2.12 bits per heavy atom. The minimum Gasteiger partial charge on any atom is -0.370 e. The van der Waals surface area contributed by atoms with Crippen LogP contribution in [0.4, 0.5) is 5.82 Å². The zero-order valence-corrected chi connectivity index (χ0v) is 12.1. The Kier molecular flexibility index (Phi) is 4.06. The first-order chi connectivity index (χ1) is 8.13. The van der Waals surface area contributed by atoms with Gasteiger partial charge in [0, 0.05) is 24.4 Å². The van der Waals surface area contributed by atoms with Crippen molar-refractivity contribution in [2.45, 2.75) is 20.3 Å². The van der Waals surface area contributed by atoms with Crippen molar-refractivity contribution in [1.29, 1.82) is 0 Å². The molecule has 0 radical (unpaired) electrons. The lowest BCUT2D eigenvalue weighted by atomic mass is 10.3. The molecule has 2 heterocycles. The number of aromatic nitrogens is 3. The Bertz CT molecular complexity index is 492. The third-order valence-corrected chi connectivity index (χ3v) is 3.39. The highest BCUT2D eigenvalue weighted by atomic mass is 79.9. The minimum absolute atomic E-state index is 0.756. The maximum absolute atomic E-state index is 4.41. The molecule has 0 fully saturated rings. The molecule has 0 saturated heterocycles. The zero-order chi connectivity index (χ0) is 12.3. The van der Waals surface area contributed by atoms with Crippen LogP contribution < -0.4 is 5.32 Å². The predicted octanol–water partition coefficient (Wildman–Crippen LogP) is 2.97. The number of thiazole rings is 1. The van der Waals surface area contributed by atoms with Gasteiger partial charge in [0.2, 0.25) is 0 Å². The van der Waals surface area contributed by atoms with Crippen LogP contribution in [0.2, 0.25) is 0 Å². The van der Waals surface area contributed by atoms with Crippen LogP contribution in [0.5, 0.6) is 0 Å². The van der Waals surface area contributed by atoms with Gasteiger partial charge in [-0.2, -0.15) is 0 Å². The van der Waals surface area contributed by atoms with Gasteiger partial charge in [-0.1, -0.05) is 0 Å². The molecule has 0 unspecified atom stereocenters. The average molecular weight is 313 g/mol. The van der Waals surface area contributed by atoms with Crippen molar-refractivity contribution in [2.24, 2.45) is 0 Å². The second-order valence-electron chi connectivity index (χ2n) is 3.66. The molecule has 0 spiro atoms. The van der Waals surface area contributed by atoms with E-state index in [0.29, 0.717) is 0 Å². The van der Waals surface area contributed by atoms with Crippen molar-refractivity contribution < 1.29 is 0 Å². The fourth-order valence-corrected chi connectivity index (χ4v) is 2.58. The predicted molar refractivity (Wildman–Crippen MR) is 73.5 cm³/mol. The molecule has 2 aromatic heterocycles. The van der Waals surface area contributed by atoms with Crippen molar-refractivity contribution in [3.05, 3.63) is 32.6 Å². The first kappa shape index (κ1) is 12.4. The molecule has 0 aliphatic heterocycles. The topological polar surface area (TPSA) is 50.7 Å². The Morgan fingerprint density at radius 1 is 1.29 bits per heavy atom. The lowest BCUT2D eigenvalue weighted by molar-refractivity contribution is 0.945. The highest BCUT2D eigenvalue weighted by Crippen LogP contribution is 2.12. The van der Waals surface area contributed by atoms with E-state index >= 15 is 0 Å². The molecule has 0 bridgehead atoms. The van der Waals surface area contributed by atoms with Gasteiger partial charge in [0.05, 0.1) is 10.7 Å². The second-order valence-corrected chi connectivity index (χ2v) is 5.53. The first-order valence-corrected chi connectivity index (χ1v) is 6.97. The summed E-state index contributed by atoms with van der Waals surface area (Å²) in [6.07, 6.45) is 0.908. The van der Waals surface area contributed by atoms with Crippen molar-refractivity contribution in [3.63, 3.8) is 0 Å². The van der Waals surface area contributed by atoms with Crippen molar-refractivity contribution >= 4 is 33.1 Å². The molecule has 6 heteroatoms. The van der Waals surface area contributed by atoms with Gasteiger partial charge in [-0.25, -0.2) is 15.0 Å². The number of halogens is 1. The van der Waals surface area contributed by atoms with Crippen LogP contribution in [0.25, 0.3) is 0 Å². The summed E-state index contributed by atoms with van der Waals surface area (Å²) in [6, 6.07) is 1.87. The van der Waals surface area contributed by atoms with Gasteiger partial charge in [0.25, 0.3) is 0 Å². The standard InChI is InChI=1S/C11H13BrN4S/c1-7-14-10(12)5-11(15-7)13-4-3-9-6-17-8(2)16-9/h5-6H,3-4H2,1-2H3,(H,13,14,15). The van der Waals surface area contributed by atoms with E-state index in [1.54, 1.807) is 11.3 Å². The fraction of sp³-hybridized carbons (Fsp3) is 0.364. The molecule has 90 valence electrons. The Balaban J connectivity index is 1.89. The molecule has 0 aromatic carbocycles. The van der Waals surface area contributed by atoms with Crippen LogP contribution in [0.3, 0.4) is 0 Å². The summed E-state index contributed by atoms with van der Waals surface area (Å²) in [5, 5.41) is 6.47. The Labute approximate surface area is 113 Å². The summed E-state index contributed by atoms with van der Waals surface area (Å²) < 4.78 is 0.803. The van der Waals surface area contributed by atoms with E-state index < -0.39 is 0 Å². The van der Waals surface area contributed by atoms with Crippen LogP contribution in [-0.2, 0) is 6.42 Å². The highest BCUT2D eigenvalue weighted by molar-refractivity contribution is 9.10. The van der Waals surface area contributed by atoms with Crippen LogP contribution >= 0.6 is 27.3 Å². The summed E-state index contributed by atoms with van der Waals surface area (Å²) in [7, 11) is 0. The van der Waals surface area contributed by atoms with E-state index in [4.69, 9.17) is 0 Å². The molecule has 2 aromatic rings. The van der Waals surface area contributed by atoms with Crippen LogP contribution in [-0.4, -0.2) is 21.5 Å². The van der Waals surface area contributed by atoms with E-state index in [2.05, 4.69) is 41.6 Å². The lowest BCUT2D eigenvalue weighted by Crippen LogP contribution is -2.07. The van der Waals surface area contributed by atoms with Gasteiger partial charge in [0.1, 0.15) is 16.2 Å². The van der Waals surface area contributed by atoms with Crippen molar-refractivity contribution in [2.75, 3.05) is 11.9 Å². The van der Waals surface area contributed by atoms with E-state index in [-0.39, 0.29) is 0 Å². The van der Waals surface area contributed by atoms with Gasteiger partial charge < -0.3 is 5.32 Å². The van der Waals surface area contributed by atoms with E-state index in [1.807, 2.05) is 19.9 Å². The van der Waals surface area contributed by atoms with E-state index in [1.165, 1.54) is 0 Å². The molecule has 0 aliphatic carbocycles. The number of hydrogen-bond acceptors (Lipinski definition) is 5. The summed E-state index contributed by atoms with van der Waals surface area (Å²) >= 11 is 5.03. The molecule has 0 saturated carbocycles.